The van der Waals surface area contributed by atoms with Crippen LogP contribution in [0.25, 0.3) is 0 Å². The van der Waals surface area contributed by atoms with Crippen molar-refractivity contribution in [3.05, 3.63) is 24.7 Å². The third kappa shape index (κ3) is 1.35. The van der Waals surface area contributed by atoms with E-state index in [-0.39, 0.29) is 0 Å². The van der Waals surface area contributed by atoms with Crippen molar-refractivity contribution < 1.29 is 28.5 Å². The third-order valence-electron chi connectivity index (χ3n) is 3.85. The molecule has 3 rings (SSSR count). The Labute approximate surface area is 103 Å². The second-order valence-electron chi connectivity index (χ2n) is 4.74. The zero-order valence-corrected chi connectivity index (χ0v) is 9.69. The molecule has 0 radical (unpaired) electrons. The van der Waals surface area contributed by atoms with Crippen molar-refractivity contribution in [2.24, 2.45) is 0 Å². The van der Waals surface area contributed by atoms with Gasteiger partial charge in [-0.15, -0.1) is 0 Å². The van der Waals surface area contributed by atoms with Gasteiger partial charge in [0.2, 0.25) is 0 Å². The molecule has 0 atom stereocenters. The number of carbonyl (C=O) groups is 2. The molecule has 0 aromatic rings. The summed E-state index contributed by atoms with van der Waals surface area (Å²) < 4.78 is 20.1. The normalized spacial score (nSPS) is 38.7. The second-order valence-corrected chi connectivity index (χ2v) is 4.74. The summed E-state index contributed by atoms with van der Waals surface area (Å²) in [7, 11) is 0. The van der Waals surface area contributed by atoms with Crippen LogP contribution in [0.2, 0.25) is 0 Å². The molecule has 1 aliphatic carbocycles. The molecule has 0 unspecified atom stereocenters. The Kier molecular flexibility index (Phi) is 2.03. The highest BCUT2D eigenvalue weighted by atomic mass is 16.8. The summed E-state index contributed by atoms with van der Waals surface area (Å²) in [4.78, 5) is 22.2. The van der Waals surface area contributed by atoms with E-state index in [1.165, 1.54) is 0 Å². The molecule has 6 heteroatoms. The van der Waals surface area contributed by atoms with Crippen molar-refractivity contribution in [3.8, 4) is 0 Å². The molecular weight excluding hydrogens is 240 g/mol. The van der Waals surface area contributed by atoms with E-state index in [2.05, 4.69) is 13.2 Å². The summed E-state index contributed by atoms with van der Waals surface area (Å²) in [6.07, 6.45) is 0.407. The smallest absolute Gasteiger partial charge is 0.419 e. The molecule has 2 aliphatic heterocycles. The molecule has 0 aromatic heterocycles. The topological polar surface area (TPSA) is 71.1 Å². The minimum atomic E-state index is -0.794. The van der Waals surface area contributed by atoms with Crippen LogP contribution in [-0.4, -0.2) is 23.5 Å². The SMILES string of the molecule is C=C1OC(=O)OC12CCC1(CC2)OC(=O)OC1=C. The van der Waals surface area contributed by atoms with Gasteiger partial charge in [-0.3, -0.25) is 0 Å². The van der Waals surface area contributed by atoms with Crippen LogP contribution < -0.4 is 0 Å². The molecule has 3 fully saturated rings. The minimum absolute atomic E-state index is 0.318. The van der Waals surface area contributed by atoms with Crippen molar-refractivity contribution in [1.29, 1.82) is 0 Å². The molecule has 6 nitrogen and oxygen atoms in total. The summed E-state index contributed by atoms with van der Waals surface area (Å²) in [6, 6.07) is 0. The van der Waals surface area contributed by atoms with Crippen LogP contribution in [0.15, 0.2) is 24.7 Å². The molecule has 2 heterocycles. The lowest BCUT2D eigenvalue weighted by Crippen LogP contribution is -2.44. The molecule has 2 saturated heterocycles. The molecular formula is C12H12O6. The average Bonchev–Trinajstić information content (AvgIpc) is 2.72. The lowest BCUT2D eigenvalue weighted by molar-refractivity contribution is -0.0310. The number of hydrogen-bond donors (Lipinski definition) is 0. The lowest BCUT2D eigenvalue weighted by atomic mass is 9.74. The van der Waals surface area contributed by atoms with Gasteiger partial charge in [0.15, 0.2) is 11.2 Å². The molecule has 1 saturated carbocycles. The van der Waals surface area contributed by atoms with Gasteiger partial charge in [-0.2, -0.15) is 0 Å². The quantitative estimate of drug-likeness (QED) is 0.616. The van der Waals surface area contributed by atoms with Crippen LogP contribution in [0, 0.1) is 0 Å². The predicted molar refractivity (Wildman–Crippen MR) is 57.3 cm³/mol. The molecule has 2 spiro atoms. The van der Waals surface area contributed by atoms with Crippen molar-refractivity contribution in [1.82, 2.24) is 0 Å². The number of ether oxygens (including phenoxy) is 4. The van der Waals surface area contributed by atoms with Gasteiger partial charge in [-0.05, 0) is 25.7 Å². The molecule has 0 bridgehead atoms. The van der Waals surface area contributed by atoms with Gasteiger partial charge >= 0.3 is 12.3 Å². The van der Waals surface area contributed by atoms with Crippen LogP contribution in [-0.2, 0) is 18.9 Å². The Morgan fingerprint density at radius 1 is 0.778 bits per heavy atom. The first kappa shape index (κ1) is 11.1. The number of carbonyl (C=O) groups excluding carboxylic acids is 2. The number of rotatable bonds is 0. The molecule has 0 amide bonds. The van der Waals surface area contributed by atoms with E-state index >= 15 is 0 Å². The monoisotopic (exact) mass is 252 g/mol. The zero-order valence-electron chi connectivity index (χ0n) is 9.69. The Bertz CT molecular complexity index is 425. The van der Waals surface area contributed by atoms with E-state index in [0.29, 0.717) is 37.2 Å². The maximum atomic E-state index is 11.1. The summed E-state index contributed by atoms with van der Waals surface area (Å²) >= 11 is 0. The van der Waals surface area contributed by atoms with Gasteiger partial charge in [0.1, 0.15) is 11.5 Å². The largest absolute Gasteiger partial charge is 0.514 e. The standard InChI is InChI=1S/C12H12O6/c1-7-11(17-9(13)15-7)3-5-12(6-4-11)8(2)16-10(14)18-12/h1-6H2. The first-order chi connectivity index (χ1) is 8.46. The van der Waals surface area contributed by atoms with E-state index in [9.17, 15) is 9.59 Å². The van der Waals surface area contributed by atoms with E-state index in [1.54, 1.807) is 0 Å². The Morgan fingerprint density at radius 2 is 1.11 bits per heavy atom. The van der Waals surface area contributed by atoms with Gasteiger partial charge in [0.25, 0.3) is 0 Å². The van der Waals surface area contributed by atoms with Crippen LogP contribution in [0.4, 0.5) is 9.59 Å². The lowest BCUT2D eigenvalue weighted by Gasteiger charge is -2.38. The van der Waals surface area contributed by atoms with Crippen molar-refractivity contribution in [2.45, 2.75) is 36.9 Å². The second kappa shape index (κ2) is 3.28. The van der Waals surface area contributed by atoms with E-state index < -0.39 is 23.5 Å². The number of cyclic esters (lactones) is 2. The van der Waals surface area contributed by atoms with Gasteiger partial charge in [0.05, 0.1) is 0 Å². The van der Waals surface area contributed by atoms with Gasteiger partial charge in [-0.1, -0.05) is 13.2 Å². The van der Waals surface area contributed by atoms with Gasteiger partial charge in [-0.25, -0.2) is 9.59 Å². The summed E-state index contributed by atoms with van der Waals surface area (Å²) in [6.45, 7) is 7.40. The van der Waals surface area contributed by atoms with Crippen molar-refractivity contribution in [3.63, 3.8) is 0 Å². The summed E-state index contributed by atoms with van der Waals surface area (Å²) in [5.74, 6) is 0.636. The molecule has 0 N–H and O–H groups in total. The first-order valence-corrected chi connectivity index (χ1v) is 5.66. The molecule has 3 aliphatic rings. The molecule has 18 heavy (non-hydrogen) atoms. The first-order valence-electron chi connectivity index (χ1n) is 5.66. The highest BCUT2D eigenvalue weighted by Gasteiger charge is 2.57. The Hall–Kier alpha value is -1.98. The molecule has 96 valence electrons. The van der Waals surface area contributed by atoms with Crippen LogP contribution >= 0.6 is 0 Å². The minimum Gasteiger partial charge on any atom is -0.419 e. The zero-order chi connectivity index (χ0) is 13.0. The highest BCUT2D eigenvalue weighted by molar-refractivity contribution is 5.67. The van der Waals surface area contributed by atoms with E-state index in [0.717, 1.165) is 0 Å². The molecule has 0 aromatic carbocycles. The Morgan fingerprint density at radius 3 is 1.33 bits per heavy atom. The van der Waals surface area contributed by atoms with E-state index in [1.807, 2.05) is 0 Å². The van der Waals surface area contributed by atoms with Crippen molar-refractivity contribution >= 4 is 12.3 Å². The van der Waals surface area contributed by atoms with Crippen LogP contribution in [0.3, 0.4) is 0 Å². The van der Waals surface area contributed by atoms with Gasteiger partial charge in [0, 0.05) is 0 Å². The van der Waals surface area contributed by atoms with Gasteiger partial charge < -0.3 is 18.9 Å². The fourth-order valence-electron chi connectivity index (χ4n) is 2.68. The van der Waals surface area contributed by atoms with E-state index in [4.69, 9.17) is 18.9 Å². The fraction of sp³-hybridized carbons (Fsp3) is 0.500. The maximum absolute atomic E-state index is 11.1. The number of hydrogen-bond acceptors (Lipinski definition) is 6. The highest BCUT2D eigenvalue weighted by Crippen LogP contribution is 2.50. The fourth-order valence-corrected chi connectivity index (χ4v) is 2.68. The summed E-state index contributed by atoms with van der Waals surface area (Å²) in [5.41, 5.74) is -1.59. The summed E-state index contributed by atoms with van der Waals surface area (Å²) in [5, 5.41) is 0. The maximum Gasteiger partial charge on any atom is 0.514 e. The van der Waals surface area contributed by atoms with Crippen LogP contribution in [0.1, 0.15) is 25.7 Å². The Balaban J connectivity index is 1.79. The van der Waals surface area contributed by atoms with Crippen LogP contribution in [0.5, 0.6) is 0 Å². The third-order valence-corrected chi connectivity index (χ3v) is 3.85. The average molecular weight is 252 g/mol. The predicted octanol–water partition coefficient (Wildman–Crippen LogP) is 2.40. The van der Waals surface area contributed by atoms with Crippen molar-refractivity contribution in [2.75, 3.05) is 0 Å².